The summed E-state index contributed by atoms with van der Waals surface area (Å²) in [6.07, 6.45) is 0. The molecule has 0 bridgehead atoms. The molecule has 17 heavy (non-hydrogen) atoms. The largest absolute Gasteiger partial charge is 0.398 e. The molecule has 5 heteroatoms. The minimum Gasteiger partial charge on any atom is -0.398 e. The normalized spacial score (nSPS) is 11.3. The summed E-state index contributed by atoms with van der Waals surface area (Å²) in [5.41, 5.74) is 11.1. The molecule has 1 aromatic carbocycles. The van der Waals surface area contributed by atoms with Crippen molar-refractivity contribution in [2.45, 2.75) is 20.8 Å². The topological polar surface area (TPSA) is 81.1 Å². The van der Waals surface area contributed by atoms with Gasteiger partial charge in [-0.25, -0.2) is 4.39 Å². The van der Waals surface area contributed by atoms with Gasteiger partial charge in [0.15, 0.2) is 0 Å². The molecule has 94 valence electrons. The van der Waals surface area contributed by atoms with Gasteiger partial charge in [0, 0.05) is 12.2 Å². The SMILES string of the molecule is CC(C)(C)CNc1cc(C(N)=O)c(N)cc1F. The molecule has 0 spiro atoms. The number of nitrogen functional groups attached to an aromatic ring is 1. The summed E-state index contributed by atoms with van der Waals surface area (Å²) in [7, 11) is 0. The highest BCUT2D eigenvalue weighted by molar-refractivity contribution is 5.99. The second-order valence-corrected chi connectivity index (χ2v) is 5.20. The summed E-state index contributed by atoms with van der Waals surface area (Å²) in [6, 6.07) is 2.45. The Balaban J connectivity index is 3.00. The maximum Gasteiger partial charge on any atom is 0.250 e. The van der Waals surface area contributed by atoms with E-state index in [4.69, 9.17) is 11.5 Å². The third-order valence-electron chi connectivity index (χ3n) is 2.21. The van der Waals surface area contributed by atoms with Gasteiger partial charge in [-0.15, -0.1) is 0 Å². The van der Waals surface area contributed by atoms with Crippen molar-refractivity contribution in [1.82, 2.24) is 0 Å². The van der Waals surface area contributed by atoms with Crippen LogP contribution in [0.15, 0.2) is 12.1 Å². The van der Waals surface area contributed by atoms with Crippen molar-refractivity contribution in [1.29, 1.82) is 0 Å². The van der Waals surface area contributed by atoms with Crippen molar-refractivity contribution in [2.75, 3.05) is 17.6 Å². The van der Waals surface area contributed by atoms with E-state index >= 15 is 0 Å². The summed E-state index contributed by atoms with van der Waals surface area (Å²) >= 11 is 0. The highest BCUT2D eigenvalue weighted by Gasteiger charge is 2.14. The van der Waals surface area contributed by atoms with E-state index in [1.165, 1.54) is 6.07 Å². The lowest BCUT2D eigenvalue weighted by Crippen LogP contribution is -2.20. The van der Waals surface area contributed by atoms with E-state index < -0.39 is 11.7 Å². The quantitative estimate of drug-likeness (QED) is 0.705. The Kier molecular flexibility index (Phi) is 3.60. The Bertz CT molecular complexity index is 438. The molecule has 0 saturated carbocycles. The third-order valence-corrected chi connectivity index (χ3v) is 2.21. The second kappa shape index (κ2) is 4.61. The van der Waals surface area contributed by atoms with E-state index in [1.54, 1.807) is 0 Å². The van der Waals surface area contributed by atoms with Crippen LogP contribution in [0.4, 0.5) is 15.8 Å². The molecule has 4 nitrogen and oxygen atoms in total. The first-order valence-corrected chi connectivity index (χ1v) is 5.33. The summed E-state index contributed by atoms with van der Waals surface area (Å²) in [4.78, 5) is 11.1. The Morgan fingerprint density at radius 1 is 1.41 bits per heavy atom. The minimum atomic E-state index is -0.665. The summed E-state index contributed by atoms with van der Waals surface area (Å²) in [5.74, 6) is -1.15. The highest BCUT2D eigenvalue weighted by atomic mass is 19.1. The lowest BCUT2D eigenvalue weighted by atomic mass is 9.97. The molecule has 0 aromatic heterocycles. The van der Waals surface area contributed by atoms with Gasteiger partial charge < -0.3 is 16.8 Å². The van der Waals surface area contributed by atoms with Crippen LogP contribution < -0.4 is 16.8 Å². The maximum atomic E-state index is 13.6. The number of hydrogen-bond acceptors (Lipinski definition) is 3. The highest BCUT2D eigenvalue weighted by Crippen LogP contribution is 2.23. The molecule has 5 N–H and O–H groups in total. The van der Waals surface area contributed by atoms with Crippen LogP contribution in [-0.4, -0.2) is 12.5 Å². The number of carbonyl (C=O) groups excluding carboxylic acids is 1. The molecule has 1 rings (SSSR count). The van der Waals surface area contributed by atoms with Gasteiger partial charge in [-0.05, 0) is 17.5 Å². The molecule has 0 heterocycles. The Morgan fingerprint density at radius 3 is 2.47 bits per heavy atom. The molecule has 0 aliphatic heterocycles. The zero-order chi connectivity index (χ0) is 13.2. The average Bonchev–Trinajstić information content (AvgIpc) is 2.14. The number of halogens is 1. The monoisotopic (exact) mass is 239 g/mol. The van der Waals surface area contributed by atoms with Crippen LogP contribution in [0.3, 0.4) is 0 Å². The predicted octanol–water partition coefficient (Wildman–Crippen LogP) is 1.96. The van der Waals surface area contributed by atoms with Crippen molar-refractivity contribution in [3.8, 4) is 0 Å². The predicted molar refractivity (Wildman–Crippen MR) is 67.3 cm³/mol. The molecule has 0 saturated heterocycles. The maximum absolute atomic E-state index is 13.6. The van der Waals surface area contributed by atoms with Gasteiger partial charge in [0.2, 0.25) is 0 Å². The van der Waals surface area contributed by atoms with Crippen molar-refractivity contribution in [3.63, 3.8) is 0 Å². The molecular weight excluding hydrogens is 221 g/mol. The molecular formula is C12H18FN3O. The van der Waals surface area contributed by atoms with E-state index in [-0.39, 0.29) is 22.4 Å². The van der Waals surface area contributed by atoms with Gasteiger partial charge in [0.25, 0.3) is 5.91 Å². The van der Waals surface area contributed by atoms with Crippen LogP contribution in [-0.2, 0) is 0 Å². The van der Waals surface area contributed by atoms with Crippen molar-refractivity contribution < 1.29 is 9.18 Å². The fourth-order valence-electron chi connectivity index (χ4n) is 1.30. The van der Waals surface area contributed by atoms with Crippen LogP contribution in [0, 0.1) is 11.2 Å². The van der Waals surface area contributed by atoms with Gasteiger partial charge in [-0.3, -0.25) is 4.79 Å². The molecule has 0 radical (unpaired) electrons. The molecule has 0 aliphatic rings. The average molecular weight is 239 g/mol. The fraction of sp³-hybridized carbons (Fsp3) is 0.417. The van der Waals surface area contributed by atoms with Gasteiger partial charge in [-0.2, -0.15) is 0 Å². The van der Waals surface area contributed by atoms with Crippen molar-refractivity contribution in [2.24, 2.45) is 11.1 Å². The van der Waals surface area contributed by atoms with Crippen molar-refractivity contribution in [3.05, 3.63) is 23.5 Å². The fourth-order valence-corrected chi connectivity index (χ4v) is 1.30. The van der Waals surface area contributed by atoms with Gasteiger partial charge in [0.05, 0.1) is 11.3 Å². The van der Waals surface area contributed by atoms with Crippen LogP contribution in [0.25, 0.3) is 0 Å². The smallest absolute Gasteiger partial charge is 0.250 e. The number of anilines is 2. The number of nitrogens with one attached hydrogen (secondary N) is 1. The number of nitrogens with two attached hydrogens (primary N) is 2. The lowest BCUT2D eigenvalue weighted by molar-refractivity contribution is 0.100. The summed E-state index contributed by atoms with van der Waals surface area (Å²) in [5, 5.41) is 2.94. The van der Waals surface area contributed by atoms with E-state index in [0.717, 1.165) is 6.07 Å². The number of carbonyl (C=O) groups is 1. The second-order valence-electron chi connectivity index (χ2n) is 5.20. The molecule has 0 fully saturated rings. The molecule has 1 aromatic rings. The van der Waals surface area contributed by atoms with Crippen LogP contribution in [0.5, 0.6) is 0 Å². The zero-order valence-corrected chi connectivity index (χ0v) is 10.3. The standard InChI is InChI=1S/C12H18FN3O/c1-12(2,3)6-16-10-4-7(11(15)17)9(14)5-8(10)13/h4-5,16H,6,14H2,1-3H3,(H2,15,17). The first-order valence-electron chi connectivity index (χ1n) is 5.33. The van der Waals surface area contributed by atoms with Gasteiger partial charge >= 0.3 is 0 Å². The number of amides is 1. The summed E-state index contributed by atoms with van der Waals surface area (Å²) < 4.78 is 13.6. The number of benzene rings is 1. The third kappa shape index (κ3) is 3.62. The van der Waals surface area contributed by atoms with Gasteiger partial charge in [0.1, 0.15) is 5.82 Å². The molecule has 0 aliphatic carbocycles. The Hall–Kier alpha value is -1.78. The van der Waals surface area contributed by atoms with Crippen LogP contribution >= 0.6 is 0 Å². The van der Waals surface area contributed by atoms with E-state index in [0.29, 0.717) is 6.54 Å². The van der Waals surface area contributed by atoms with Crippen LogP contribution in [0.1, 0.15) is 31.1 Å². The van der Waals surface area contributed by atoms with Gasteiger partial charge in [-0.1, -0.05) is 20.8 Å². The van der Waals surface area contributed by atoms with E-state index in [1.807, 2.05) is 20.8 Å². The molecule has 0 atom stereocenters. The first kappa shape index (κ1) is 13.3. The number of primary amides is 1. The Morgan fingerprint density at radius 2 is 2.00 bits per heavy atom. The Labute approximate surface area is 100 Å². The zero-order valence-electron chi connectivity index (χ0n) is 10.3. The minimum absolute atomic E-state index is 0.000707. The van der Waals surface area contributed by atoms with Crippen molar-refractivity contribution >= 4 is 17.3 Å². The molecule has 0 unspecified atom stereocenters. The van der Waals surface area contributed by atoms with E-state index in [9.17, 15) is 9.18 Å². The summed E-state index contributed by atoms with van der Waals surface area (Å²) in [6.45, 7) is 6.63. The number of hydrogen-bond donors (Lipinski definition) is 3. The lowest BCUT2D eigenvalue weighted by Gasteiger charge is -2.20. The number of rotatable bonds is 3. The first-order chi connectivity index (χ1) is 7.70. The van der Waals surface area contributed by atoms with Crippen LogP contribution in [0.2, 0.25) is 0 Å². The van der Waals surface area contributed by atoms with E-state index in [2.05, 4.69) is 5.32 Å². The molecule has 1 amide bonds.